The summed E-state index contributed by atoms with van der Waals surface area (Å²) in [6.45, 7) is 1.15. The van der Waals surface area contributed by atoms with E-state index in [1.807, 2.05) is 54.6 Å². The number of aromatic nitrogens is 1. The van der Waals surface area contributed by atoms with Crippen LogP contribution in [0.2, 0.25) is 0 Å². The van der Waals surface area contributed by atoms with Gasteiger partial charge in [0.25, 0.3) is 5.91 Å². The van der Waals surface area contributed by atoms with Crippen LogP contribution in [0.5, 0.6) is 0 Å². The van der Waals surface area contributed by atoms with E-state index in [0.29, 0.717) is 44.3 Å². The van der Waals surface area contributed by atoms with Gasteiger partial charge < -0.3 is 19.8 Å². The van der Waals surface area contributed by atoms with Crippen molar-refractivity contribution in [2.75, 3.05) is 24.4 Å². The van der Waals surface area contributed by atoms with E-state index in [4.69, 9.17) is 5.11 Å². The molecule has 6 nitrogen and oxygen atoms in total. The molecule has 1 aromatic heterocycles. The van der Waals surface area contributed by atoms with E-state index in [2.05, 4.69) is 9.71 Å². The normalized spacial score (nSPS) is 15.7. The Balaban J connectivity index is 1.34. The number of rotatable bonds is 7. The SMILES string of the molecule is O=C(c1ccc(NSc2cccc3cccnc23)cc1)N1CCC(O)(CCCO)CC1. The van der Waals surface area contributed by atoms with Crippen molar-refractivity contribution in [3.63, 3.8) is 0 Å². The number of anilines is 1. The summed E-state index contributed by atoms with van der Waals surface area (Å²) in [6, 6.07) is 17.5. The lowest BCUT2D eigenvalue weighted by Crippen LogP contribution is -2.46. The highest BCUT2D eigenvalue weighted by molar-refractivity contribution is 8.00. The van der Waals surface area contributed by atoms with Gasteiger partial charge in [-0.05, 0) is 74.0 Å². The van der Waals surface area contributed by atoms with Crippen LogP contribution < -0.4 is 4.72 Å². The number of benzene rings is 2. The molecule has 3 aromatic rings. The maximum absolute atomic E-state index is 12.8. The van der Waals surface area contributed by atoms with E-state index < -0.39 is 5.60 Å². The van der Waals surface area contributed by atoms with Crippen molar-refractivity contribution in [2.24, 2.45) is 0 Å². The van der Waals surface area contributed by atoms with Crippen molar-refractivity contribution in [3.05, 3.63) is 66.4 Å². The van der Waals surface area contributed by atoms with Crippen LogP contribution >= 0.6 is 11.9 Å². The van der Waals surface area contributed by atoms with Crippen molar-refractivity contribution < 1.29 is 15.0 Å². The highest BCUT2D eigenvalue weighted by atomic mass is 32.2. The van der Waals surface area contributed by atoms with Crippen LogP contribution in [-0.4, -0.2) is 51.3 Å². The molecule has 0 bridgehead atoms. The summed E-state index contributed by atoms with van der Waals surface area (Å²) in [5, 5.41) is 20.6. The van der Waals surface area contributed by atoms with Gasteiger partial charge in [0.1, 0.15) is 0 Å². The van der Waals surface area contributed by atoms with E-state index in [9.17, 15) is 9.90 Å². The maximum Gasteiger partial charge on any atom is 0.253 e. The number of nitrogens with one attached hydrogen (secondary N) is 1. The molecule has 4 rings (SSSR count). The minimum Gasteiger partial charge on any atom is -0.396 e. The fraction of sp³-hybridized carbons (Fsp3) is 0.333. The van der Waals surface area contributed by atoms with Crippen LogP contribution in [0.1, 0.15) is 36.0 Å². The average Bonchev–Trinajstić information content (AvgIpc) is 2.82. The predicted molar refractivity (Wildman–Crippen MR) is 124 cm³/mol. The Hall–Kier alpha value is -2.61. The van der Waals surface area contributed by atoms with Gasteiger partial charge in [0, 0.05) is 42.5 Å². The maximum atomic E-state index is 12.8. The van der Waals surface area contributed by atoms with Gasteiger partial charge in [-0.2, -0.15) is 0 Å². The predicted octanol–water partition coefficient (Wildman–Crippen LogP) is 4.09. The fourth-order valence-electron chi connectivity index (χ4n) is 3.92. The lowest BCUT2D eigenvalue weighted by atomic mass is 9.87. The van der Waals surface area contributed by atoms with Gasteiger partial charge in [0.2, 0.25) is 0 Å². The quantitative estimate of drug-likeness (QED) is 0.483. The summed E-state index contributed by atoms with van der Waals surface area (Å²) >= 11 is 1.50. The van der Waals surface area contributed by atoms with Crippen LogP contribution in [-0.2, 0) is 0 Å². The Labute approximate surface area is 186 Å². The summed E-state index contributed by atoms with van der Waals surface area (Å²) in [5.74, 6) is -0.0123. The molecule has 1 amide bonds. The first-order valence-corrected chi connectivity index (χ1v) is 11.4. The molecule has 7 heteroatoms. The lowest BCUT2D eigenvalue weighted by molar-refractivity contribution is -0.0266. The van der Waals surface area contributed by atoms with E-state index >= 15 is 0 Å². The van der Waals surface area contributed by atoms with Gasteiger partial charge >= 0.3 is 0 Å². The molecule has 0 radical (unpaired) electrons. The monoisotopic (exact) mass is 437 g/mol. The van der Waals surface area contributed by atoms with Gasteiger partial charge in [0.05, 0.1) is 16.0 Å². The first-order chi connectivity index (χ1) is 15.1. The Morgan fingerprint density at radius 1 is 1.10 bits per heavy atom. The molecule has 1 fully saturated rings. The van der Waals surface area contributed by atoms with Crippen molar-refractivity contribution in [3.8, 4) is 0 Å². The molecule has 1 saturated heterocycles. The summed E-state index contributed by atoms with van der Waals surface area (Å²) in [6.07, 6.45) is 4.06. The van der Waals surface area contributed by atoms with E-state index in [1.54, 1.807) is 11.1 Å². The third-order valence-electron chi connectivity index (χ3n) is 5.79. The van der Waals surface area contributed by atoms with Crippen LogP contribution in [0.4, 0.5) is 5.69 Å². The minimum atomic E-state index is -0.763. The zero-order chi connectivity index (χ0) is 21.7. The minimum absolute atomic E-state index is 0.0123. The first-order valence-electron chi connectivity index (χ1n) is 10.6. The number of aliphatic hydroxyl groups excluding tert-OH is 1. The Bertz CT molecular complexity index is 1030. The number of fused-ring (bicyclic) bond motifs is 1. The molecule has 0 spiro atoms. The van der Waals surface area contributed by atoms with Crippen LogP contribution in [0.3, 0.4) is 0 Å². The second-order valence-corrected chi connectivity index (χ2v) is 8.80. The van der Waals surface area contributed by atoms with Crippen molar-refractivity contribution >= 4 is 34.4 Å². The number of likely N-dealkylation sites (tertiary alicyclic amines) is 1. The summed E-state index contributed by atoms with van der Waals surface area (Å²) in [7, 11) is 0. The van der Waals surface area contributed by atoms with Crippen LogP contribution in [0.15, 0.2) is 65.7 Å². The van der Waals surface area contributed by atoms with Crippen LogP contribution in [0.25, 0.3) is 10.9 Å². The number of carbonyl (C=O) groups excluding carboxylic acids is 1. The number of amides is 1. The van der Waals surface area contributed by atoms with E-state index in [0.717, 1.165) is 21.5 Å². The Morgan fingerprint density at radius 3 is 2.58 bits per heavy atom. The number of para-hydroxylation sites is 1. The second-order valence-electron chi connectivity index (χ2n) is 7.96. The van der Waals surface area contributed by atoms with Gasteiger partial charge in [-0.1, -0.05) is 18.2 Å². The number of carbonyl (C=O) groups is 1. The third-order valence-corrected chi connectivity index (χ3v) is 6.68. The number of aliphatic hydroxyl groups is 2. The molecule has 3 N–H and O–H groups in total. The van der Waals surface area contributed by atoms with Crippen LogP contribution in [0, 0.1) is 0 Å². The molecule has 0 aliphatic carbocycles. The van der Waals surface area contributed by atoms with E-state index in [-0.39, 0.29) is 12.5 Å². The Morgan fingerprint density at radius 2 is 1.84 bits per heavy atom. The van der Waals surface area contributed by atoms with Gasteiger partial charge in [-0.3, -0.25) is 9.78 Å². The summed E-state index contributed by atoms with van der Waals surface area (Å²) in [4.78, 5) is 20.1. The molecule has 2 heterocycles. The number of hydrogen-bond donors (Lipinski definition) is 3. The molecule has 31 heavy (non-hydrogen) atoms. The van der Waals surface area contributed by atoms with Gasteiger partial charge in [-0.15, -0.1) is 0 Å². The number of piperidine rings is 1. The Kier molecular flexibility index (Phi) is 6.75. The summed E-state index contributed by atoms with van der Waals surface area (Å²) in [5.41, 5.74) is 1.74. The molecule has 162 valence electrons. The smallest absolute Gasteiger partial charge is 0.253 e. The molecular formula is C24H27N3O3S. The van der Waals surface area contributed by atoms with Gasteiger partial charge in [-0.25, -0.2) is 0 Å². The molecule has 0 atom stereocenters. The molecular weight excluding hydrogens is 410 g/mol. The molecule has 1 aliphatic rings. The number of nitrogens with zero attached hydrogens (tertiary/aromatic N) is 2. The topological polar surface area (TPSA) is 85.7 Å². The lowest BCUT2D eigenvalue weighted by Gasteiger charge is -2.38. The second kappa shape index (κ2) is 9.68. The molecule has 2 aromatic carbocycles. The van der Waals surface area contributed by atoms with Crippen molar-refractivity contribution in [1.82, 2.24) is 9.88 Å². The number of hydrogen-bond acceptors (Lipinski definition) is 6. The van der Waals surface area contributed by atoms with Gasteiger partial charge in [0.15, 0.2) is 0 Å². The standard InChI is InChI=1S/C24H27N3O3S/c28-17-3-11-24(30)12-15-27(16-13-24)23(29)19-7-9-20(10-8-19)26-31-21-6-1-4-18-5-2-14-25-22(18)21/h1-2,4-10,14,26,28,30H,3,11-13,15-17H2. The number of pyridine rings is 1. The highest BCUT2D eigenvalue weighted by Crippen LogP contribution is 2.29. The zero-order valence-corrected chi connectivity index (χ0v) is 18.1. The molecule has 1 aliphatic heterocycles. The van der Waals surface area contributed by atoms with Crippen molar-refractivity contribution in [2.45, 2.75) is 36.2 Å². The molecule has 0 saturated carbocycles. The average molecular weight is 438 g/mol. The fourth-order valence-corrected chi connectivity index (χ4v) is 4.70. The largest absolute Gasteiger partial charge is 0.396 e. The first kappa shape index (κ1) is 21.6. The zero-order valence-electron chi connectivity index (χ0n) is 17.3. The molecule has 0 unspecified atom stereocenters. The van der Waals surface area contributed by atoms with Crippen molar-refractivity contribution in [1.29, 1.82) is 0 Å². The third kappa shape index (κ3) is 5.18. The highest BCUT2D eigenvalue weighted by Gasteiger charge is 2.33. The summed E-state index contributed by atoms with van der Waals surface area (Å²) < 4.78 is 3.33. The van der Waals surface area contributed by atoms with E-state index in [1.165, 1.54) is 11.9 Å².